The van der Waals surface area contributed by atoms with E-state index in [1.54, 1.807) is 0 Å². The number of nitrogens with one attached hydrogen (secondary N) is 1. The summed E-state index contributed by atoms with van der Waals surface area (Å²) < 4.78 is 56.8. The lowest BCUT2D eigenvalue weighted by Gasteiger charge is -2.10. The monoisotopic (exact) mass is 251 g/mol. The Morgan fingerprint density at radius 3 is 2.20 bits per heavy atom. The van der Waals surface area contributed by atoms with Gasteiger partial charge in [-0.1, -0.05) is 0 Å². The second-order valence-corrected chi connectivity index (χ2v) is 4.24. The van der Waals surface area contributed by atoms with Crippen LogP contribution in [0.2, 0.25) is 0 Å². The van der Waals surface area contributed by atoms with Crippen LogP contribution in [-0.4, -0.2) is 42.8 Å². The summed E-state index contributed by atoms with van der Waals surface area (Å²) in [5.74, 6) is -1.64. The Morgan fingerprint density at radius 1 is 1.40 bits per heavy atom. The Hall–Kier alpha value is -0.870. The predicted molar refractivity (Wildman–Crippen MR) is 41.2 cm³/mol. The van der Waals surface area contributed by atoms with Crippen LogP contribution in [0.1, 0.15) is 6.42 Å². The molecular weight excluding hydrogens is 243 g/mol. The fraction of sp³-hybridized carbons (Fsp3) is 0.800. The van der Waals surface area contributed by atoms with Crippen LogP contribution < -0.4 is 4.72 Å². The molecule has 15 heavy (non-hydrogen) atoms. The second-order valence-electron chi connectivity index (χ2n) is 2.49. The van der Waals surface area contributed by atoms with Crippen molar-refractivity contribution in [2.45, 2.75) is 18.0 Å². The minimum Gasteiger partial charge on any atom is -0.479 e. The average molecular weight is 251 g/mol. The number of hydrogen-bond acceptors (Lipinski definition) is 4. The van der Waals surface area contributed by atoms with E-state index in [4.69, 9.17) is 10.2 Å². The van der Waals surface area contributed by atoms with E-state index >= 15 is 0 Å². The van der Waals surface area contributed by atoms with E-state index in [1.165, 1.54) is 0 Å². The smallest absolute Gasteiger partial charge is 0.479 e. The fourth-order valence-electron chi connectivity index (χ4n) is 0.535. The molecular formula is C5H8F3NO5S. The van der Waals surface area contributed by atoms with Crippen molar-refractivity contribution in [1.82, 2.24) is 4.72 Å². The van der Waals surface area contributed by atoms with Gasteiger partial charge in [-0.2, -0.15) is 13.2 Å². The molecule has 0 aliphatic heterocycles. The maximum atomic E-state index is 11.7. The highest BCUT2D eigenvalue weighted by atomic mass is 32.2. The summed E-state index contributed by atoms with van der Waals surface area (Å²) in [7, 11) is -5.47. The lowest BCUT2D eigenvalue weighted by atomic mass is 10.3. The molecule has 0 aromatic heterocycles. The van der Waals surface area contributed by atoms with Gasteiger partial charge < -0.3 is 10.2 Å². The molecule has 0 amide bonds. The van der Waals surface area contributed by atoms with Gasteiger partial charge >= 0.3 is 21.5 Å². The van der Waals surface area contributed by atoms with E-state index in [2.05, 4.69) is 0 Å². The van der Waals surface area contributed by atoms with E-state index in [0.717, 1.165) is 4.72 Å². The molecule has 0 fully saturated rings. The summed E-state index contributed by atoms with van der Waals surface area (Å²) in [6, 6.07) is 0. The Labute approximate surface area is 82.8 Å². The number of carbonyl (C=O) groups is 1. The zero-order valence-corrected chi connectivity index (χ0v) is 7.97. The molecule has 0 bridgehead atoms. The molecule has 10 heteroatoms. The molecule has 0 aromatic carbocycles. The Kier molecular flexibility index (Phi) is 4.49. The van der Waals surface area contributed by atoms with E-state index in [1.807, 2.05) is 0 Å². The standard InChI is InChI=1S/C5H8F3NO5S/c6-5(7,8)15(13,14)9-2-1-3(10)4(11)12/h3,9-10H,1-2H2,(H,11,12)/t3-/m0/s1. The van der Waals surface area contributed by atoms with Crippen LogP contribution >= 0.6 is 0 Å². The highest BCUT2D eigenvalue weighted by Crippen LogP contribution is 2.21. The number of halogens is 3. The van der Waals surface area contributed by atoms with Gasteiger partial charge in [0.2, 0.25) is 0 Å². The van der Waals surface area contributed by atoms with Crippen molar-refractivity contribution in [2.24, 2.45) is 0 Å². The lowest BCUT2D eigenvalue weighted by Crippen LogP contribution is -2.38. The summed E-state index contributed by atoms with van der Waals surface area (Å²) in [6.45, 7) is -0.810. The van der Waals surface area contributed by atoms with Gasteiger partial charge in [0.25, 0.3) is 0 Å². The number of aliphatic carboxylic acids is 1. The summed E-state index contributed by atoms with van der Waals surface area (Å²) in [6.07, 6.45) is -2.55. The van der Waals surface area contributed by atoms with Crippen LogP contribution in [0.5, 0.6) is 0 Å². The number of rotatable bonds is 5. The largest absolute Gasteiger partial charge is 0.511 e. The van der Waals surface area contributed by atoms with Gasteiger partial charge in [0.05, 0.1) is 0 Å². The molecule has 0 heterocycles. The molecule has 0 aliphatic carbocycles. The summed E-state index contributed by atoms with van der Waals surface area (Å²) in [5, 5.41) is 16.7. The van der Waals surface area contributed by atoms with Crippen LogP contribution in [0.25, 0.3) is 0 Å². The normalized spacial score (nSPS) is 14.9. The quantitative estimate of drug-likeness (QED) is 0.597. The van der Waals surface area contributed by atoms with Gasteiger partial charge in [-0.05, 0) is 6.42 Å². The number of aliphatic hydroxyl groups excluding tert-OH is 1. The number of carboxylic acid groups (broad SMARTS) is 1. The van der Waals surface area contributed by atoms with Crippen LogP contribution in [-0.2, 0) is 14.8 Å². The van der Waals surface area contributed by atoms with Crippen LogP contribution in [0, 0.1) is 0 Å². The number of alkyl halides is 3. The number of hydrogen-bond donors (Lipinski definition) is 3. The molecule has 0 spiro atoms. The summed E-state index contributed by atoms with van der Waals surface area (Å²) >= 11 is 0. The predicted octanol–water partition coefficient (Wildman–Crippen LogP) is -0.739. The molecule has 6 nitrogen and oxygen atoms in total. The third-order valence-corrected chi connectivity index (χ3v) is 2.49. The highest BCUT2D eigenvalue weighted by molar-refractivity contribution is 7.90. The number of sulfonamides is 1. The maximum Gasteiger partial charge on any atom is 0.511 e. The number of aliphatic hydroxyl groups is 1. The third kappa shape index (κ3) is 4.44. The van der Waals surface area contributed by atoms with E-state index < -0.39 is 40.6 Å². The van der Waals surface area contributed by atoms with Gasteiger partial charge in [-0.15, -0.1) is 0 Å². The summed E-state index contributed by atoms with van der Waals surface area (Å²) in [5.41, 5.74) is -5.44. The minimum atomic E-state index is -5.47. The van der Waals surface area contributed by atoms with Crippen molar-refractivity contribution in [3.05, 3.63) is 0 Å². The molecule has 3 N–H and O–H groups in total. The van der Waals surface area contributed by atoms with Crippen molar-refractivity contribution in [3.8, 4) is 0 Å². The van der Waals surface area contributed by atoms with Crippen LogP contribution in [0.15, 0.2) is 0 Å². The lowest BCUT2D eigenvalue weighted by molar-refractivity contribution is -0.146. The summed E-state index contributed by atoms with van der Waals surface area (Å²) in [4.78, 5) is 10.0. The van der Waals surface area contributed by atoms with Gasteiger partial charge in [-0.25, -0.2) is 17.9 Å². The molecule has 0 saturated heterocycles. The first-order chi connectivity index (χ1) is 6.58. The van der Waals surface area contributed by atoms with Crippen molar-refractivity contribution in [2.75, 3.05) is 6.54 Å². The highest BCUT2D eigenvalue weighted by Gasteiger charge is 2.45. The molecule has 90 valence electrons. The SMILES string of the molecule is O=C(O)[C@@H](O)CCNS(=O)(=O)C(F)(F)F. The van der Waals surface area contributed by atoms with E-state index in [9.17, 15) is 26.4 Å². The average Bonchev–Trinajstić information content (AvgIpc) is 2.01. The van der Waals surface area contributed by atoms with Crippen molar-refractivity contribution in [3.63, 3.8) is 0 Å². The molecule has 0 aliphatic rings. The molecule has 0 rings (SSSR count). The van der Waals surface area contributed by atoms with Crippen molar-refractivity contribution >= 4 is 16.0 Å². The van der Waals surface area contributed by atoms with E-state index in [-0.39, 0.29) is 0 Å². The second kappa shape index (κ2) is 4.77. The minimum absolute atomic E-state index is 0.648. The van der Waals surface area contributed by atoms with Crippen LogP contribution in [0.3, 0.4) is 0 Å². The zero-order chi connectivity index (χ0) is 12.3. The van der Waals surface area contributed by atoms with Gasteiger partial charge in [-0.3, -0.25) is 0 Å². The third-order valence-electron chi connectivity index (χ3n) is 1.30. The first kappa shape index (κ1) is 14.1. The fourth-order valence-corrected chi connectivity index (χ4v) is 1.09. The van der Waals surface area contributed by atoms with Crippen molar-refractivity contribution < 1.29 is 36.6 Å². The first-order valence-electron chi connectivity index (χ1n) is 3.54. The van der Waals surface area contributed by atoms with Gasteiger partial charge in [0.15, 0.2) is 6.10 Å². The van der Waals surface area contributed by atoms with Gasteiger partial charge in [0, 0.05) is 6.54 Å². The van der Waals surface area contributed by atoms with Crippen LogP contribution in [0.4, 0.5) is 13.2 Å². The topological polar surface area (TPSA) is 104 Å². The first-order valence-corrected chi connectivity index (χ1v) is 5.03. The molecule has 0 saturated carbocycles. The van der Waals surface area contributed by atoms with Crippen molar-refractivity contribution in [1.29, 1.82) is 0 Å². The maximum absolute atomic E-state index is 11.7. The Balaban J connectivity index is 4.14. The molecule has 1 atom stereocenters. The van der Waals surface area contributed by atoms with E-state index in [0.29, 0.717) is 0 Å². The molecule has 0 radical (unpaired) electrons. The molecule has 0 aromatic rings. The Bertz CT molecular complexity index is 324. The van der Waals surface area contributed by atoms with Gasteiger partial charge in [0.1, 0.15) is 0 Å². The Morgan fingerprint density at radius 2 is 1.87 bits per heavy atom. The molecule has 0 unspecified atom stereocenters. The number of carboxylic acids is 1. The zero-order valence-electron chi connectivity index (χ0n) is 7.15.